The molecule has 0 fully saturated rings. The standard InChI is InChI=1S/C22H22N4O2/c1-3-14-23-22-25-19(16-10-6-5-7-11-16)15-20(26-22)24-18-13-9-8-12-17(18)21(27)28-4-2/h3,5-13,15H,1,4,14H2,2H3,(H2,23,24,25,26). The van der Waals surface area contributed by atoms with Gasteiger partial charge in [0.15, 0.2) is 0 Å². The first-order valence-electron chi connectivity index (χ1n) is 9.03. The molecule has 0 unspecified atom stereocenters. The Labute approximate surface area is 164 Å². The number of nitrogens with one attached hydrogen (secondary N) is 2. The second kappa shape index (κ2) is 9.32. The number of carbonyl (C=O) groups is 1. The molecule has 2 N–H and O–H groups in total. The number of rotatable bonds is 8. The molecule has 0 spiro atoms. The molecule has 0 atom stereocenters. The zero-order chi connectivity index (χ0) is 19.8. The van der Waals surface area contributed by atoms with Crippen molar-refractivity contribution in [3.05, 3.63) is 78.9 Å². The Kier molecular flexibility index (Phi) is 6.36. The minimum Gasteiger partial charge on any atom is -0.462 e. The summed E-state index contributed by atoms with van der Waals surface area (Å²) in [7, 11) is 0. The number of hydrogen-bond acceptors (Lipinski definition) is 6. The Morgan fingerprint density at radius 3 is 2.61 bits per heavy atom. The summed E-state index contributed by atoms with van der Waals surface area (Å²) in [5, 5.41) is 6.34. The second-order valence-corrected chi connectivity index (χ2v) is 5.89. The van der Waals surface area contributed by atoms with E-state index in [1.807, 2.05) is 48.5 Å². The van der Waals surface area contributed by atoms with E-state index in [-0.39, 0.29) is 5.97 Å². The van der Waals surface area contributed by atoms with Crippen LogP contribution in [-0.2, 0) is 4.74 Å². The summed E-state index contributed by atoms with van der Waals surface area (Å²) in [4.78, 5) is 21.3. The minimum atomic E-state index is -0.382. The van der Waals surface area contributed by atoms with Crippen LogP contribution in [-0.4, -0.2) is 29.1 Å². The van der Waals surface area contributed by atoms with Crippen molar-refractivity contribution in [3.8, 4) is 11.3 Å². The first kappa shape index (κ1) is 19.1. The Morgan fingerprint density at radius 2 is 1.86 bits per heavy atom. The van der Waals surface area contributed by atoms with Crippen LogP contribution < -0.4 is 10.6 Å². The topological polar surface area (TPSA) is 76.1 Å². The number of hydrogen-bond donors (Lipinski definition) is 2. The Hall–Kier alpha value is -3.67. The maximum atomic E-state index is 12.2. The third kappa shape index (κ3) is 4.73. The summed E-state index contributed by atoms with van der Waals surface area (Å²) in [5.74, 6) is 0.655. The summed E-state index contributed by atoms with van der Waals surface area (Å²) in [6.07, 6.45) is 1.74. The minimum absolute atomic E-state index is 0.314. The second-order valence-electron chi connectivity index (χ2n) is 5.89. The summed E-state index contributed by atoms with van der Waals surface area (Å²) in [6.45, 7) is 6.34. The maximum Gasteiger partial charge on any atom is 0.340 e. The lowest BCUT2D eigenvalue weighted by Crippen LogP contribution is -2.09. The van der Waals surface area contributed by atoms with Crippen LogP contribution in [0.1, 0.15) is 17.3 Å². The molecule has 3 aromatic rings. The molecule has 142 valence electrons. The number of esters is 1. The lowest BCUT2D eigenvalue weighted by Gasteiger charge is -2.13. The van der Waals surface area contributed by atoms with Gasteiger partial charge in [-0.25, -0.2) is 9.78 Å². The number of ether oxygens (including phenoxy) is 1. The van der Waals surface area contributed by atoms with E-state index in [0.717, 1.165) is 11.3 Å². The molecule has 3 rings (SSSR count). The predicted octanol–water partition coefficient (Wildman–Crippen LogP) is 4.66. The fourth-order valence-corrected chi connectivity index (χ4v) is 2.63. The molecule has 28 heavy (non-hydrogen) atoms. The van der Waals surface area contributed by atoms with Crippen LogP contribution in [0.25, 0.3) is 11.3 Å². The molecule has 0 aliphatic rings. The van der Waals surface area contributed by atoms with E-state index in [1.54, 1.807) is 25.1 Å². The van der Waals surface area contributed by atoms with Crippen molar-refractivity contribution in [1.82, 2.24) is 9.97 Å². The van der Waals surface area contributed by atoms with E-state index in [2.05, 4.69) is 27.2 Å². The quantitative estimate of drug-likeness (QED) is 0.441. The average molecular weight is 374 g/mol. The molecule has 6 heteroatoms. The van der Waals surface area contributed by atoms with Gasteiger partial charge in [0.2, 0.25) is 5.95 Å². The van der Waals surface area contributed by atoms with Crippen molar-refractivity contribution in [2.75, 3.05) is 23.8 Å². The zero-order valence-corrected chi connectivity index (χ0v) is 15.7. The van der Waals surface area contributed by atoms with Gasteiger partial charge in [-0.1, -0.05) is 48.5 Å². The third-order valence-corrected chi connectivity index (χ3v) is 3.89. The summed E-state index contributed by atoms with van der Waals surface area (Å²) < 4.78 is 5.14. The number of carbonyl (C=O) groups excluding carboxylic acids is 1. The van der Waals surface area contributed by atoms with Gasteiger partial charge in [0, 0.05) is 18.2 Å². The molecule has 0 saturated carbocycles. The first-order chi connectivity index (χ1) is 13.7. The highest BCUT2D eigenvalue weighted by Crippen LogP contribution is 2.25. The highest BCUT2D eigenvalue weighted by atomic mass is 16.5. The van der Waals surface area contributed by atoms with Crippen LogP contribution >= 0.6 is 0 Å². The zero-order valence-electron chi connectivity index (χ0n) is 15.7. The highest BCUT2D eigenvalue weighted by molar-refractivity contribution is 5.96. The van der Waals surface area contributed by atoms with Crippen LogP contribution in [0.4, 0.5) is 17.5 Å². The van der Waals surface area contributed by atoms with Crippen LogP contribution in [0, 0.1) is 0 Å². The maximum absolute atomic E-state index is 12.2. The number of para-hydroxylation sites is 1. The van der Waals surface area contributed by atoms with E-state index in [4.69, 9.17) is 4.74 Å². The van der Waals surface area contributed by atoms with Gasteiger partial charge >= 0.3 is 5.97 Å². The van der Waals surface area contributed by atoms with Crippen LogP contribution in [0.15, 0.2) is 73.3 Å². The fourth-order valence-electron chi connectivity index (χ4n) is 2.63. The Bertz CT molecular complexity index is 958. The molecule has 6 nitrogen and oxygen atoms in total. The van der Waals surface area contributed by atoms with Gasteiger partial charge in [-0.3, -0.25) is 0 Å². The first-order valence-corrected chi connectivity index (χ1v) is 9.03. The molecule has 0 bridgehead atoms. The Balaban J connectivity index is 1.98. The van der Waals surface area contributed by atoms with Crippen LogP contribution in [0.3, 0.4) is 0 Å². The van der Waals surface area contributed by atoms with E-state index in [0.29, 0.717) is 36.2 Å². The number of nitrogens with zero attached hydrogens (tertiary/aromatic N) is 2. The molecular formula is C22H22N4O2. The van der Waals surface area contributed by atoms with Crippen molar-refractivity contribution in [2.24, 2.45) is 0 Å². The van der Waals surface area contributed by atoms with Crippen molar-refractivity contribution in [3.63, 3.8) is 0 Å². The predicted molar refractivity (Wildman–Crippen MR) is 112 cm³/mol. The van der Waals surface area contributed by atoms with Gasteiger partial charge in [-0.2, -0.15) is 4.98 Å². The smallest absolute Gasteiger partial charge is 0.340 e. The molecular weight excluding hydrogens is 352 g/mol. The van der Waals surface area contributed by atoms with Gasteiger partial charge in [0.25, 0.3) is 0 Å². The SMILES string of the molecule is C=CCNc1nc(Nc2ccccc2C(=O)OCC)cc(-c2ccccc2)n1. The van der Waals surface area contributed by atoms with Crippen LogP contribution in [0.5, 0.6) is 0 Å². The van der Waals surface area contributed by atoms with Crippen molar-refractivity contribution in [2.45, 2.75) is 6.92 Å². The Morgan fingerprint density at radius 1 is 1.11 bits per heavy atom. The monoisotopic (exact) mass is 374 g/mol. The van der Waals surface area contributed by atoms with Gasteiger partial charge in [-0.15, -0.1) is 6.58 Å². The molecule has 0 saturated heterocycles. The molecule has 0 radical (unpaired) electrons. The van der Waals surface area contributed by atoms with E-state index in [1.165, 1.54) is 0 Å². The number of anilines is 3. The number of benzene rings is 2. The van der Waals surface area contributed by atoms with Gasteiger partial charge in [-0.05, 0) is 19.1 Å². The van der Waals surface area contributed by atoms with E-state index < -0.39 is 0 Å². The highest BCUT2D eigenvalue weighted by Gasteiger charge is 2.13. The average Bonchev–Trinajstić information content (AvgIpc) is 2.73. The lowest BCUT2D eigenvalue weighted by atomic mass is 10.1. The third-order valence-electron chi connectivity index (χ3n) is 3.89. The van der Waals surface area contributed by atoms with Gasteiger partial charge in [0.1, 0.15) is 5.82 Å². The molecule has 2 aromatic carbocycles. The van der Waals surface area contributed by atoms with Crippen molar-refractivity contribution < 1.29 is 9.53 Å². The molecule has 0 amide bonds. The number of aromatic nitrogens is 2. The van der Waals surface area contributed by atoms with Gasteiger partial charge < -0.3 is 15.4 Å². The molecule has 0 aliphatic carbocycles. The molecule has 0 aliphatic heterocycles. The van der Waals surface area contributed by atoms with E-state index in [9.17, 15) is 4.79 Å². The lowest BCUT2D eigenvalue weighted by molar-refractivity contribution is 0.0527. The van der Waals surface area contributed by atoms with Crippen molar-refractivity contribution >= 4 is 23.4 Å². The summed E-state index contributed by atoms with van der Waals surface area (Å²) >= 11 is 0. The summed E-state index contributed by atoms with van der Waals surface area (Å²) in [5.41, 5.74) is 2.80. The van der Waals surface area contributed by atoms with Gasteiger partial charge in [0.05, 0.1) is 23.6 Å². The molecule has 1 aromatic heterocycles. The normalized spacial score (nSPS) is 10.2. The molecule has 1 heterocycles. The summed E-state index contributed by atoms with van der Waals surface area (Å²) in [6, 6.07) is 18.8. The van der Waals surface area contributed by atoms with Crippen molar-refractivity contribution in [1.29, 1.82) is 0 Å². The fraction of sp³-hybridized carbons (Fsp3) is 0.136. The van der Waals surface area contributed by atoms with Crippen LogP contribution in [0.2, 0.25) is 0 Å². The largest absolute Gasteiger partial charge is 0.462 e. The van der Waals surface area contributed by atoms with E-state index >= 15 is 0 Å².